The summed E-state index contributed by atoms with van der Waals surface area (Å²) in [5.74, 6) is -0.0803. The topological polar surface area (TPSA) is 110 Å². The molecule has 0 saturated carbocycles. The minimum Gasteiger partial charge on any atom is -0.307 e. The van der Waals surface area contributed by atoms with Crippen LogP contribution in [0.4, 0.5) is 5.82 Å². The van der Waals surface area contributed by atoms with Gasteiger partial charge in [-0.05, 0) is 43.5 Å². The van der Waals surface area contributed by atoms with Crippen molar-refractivity contribution in [2.24, 2.45) is 0 Å². The summed E-state index contributed by atoms with van der Waals surface area (Å²) in [7, 11) is 0. The van der Waals surface area contributed by atoms with Crippen LogP contribution in [-0.2, 0) is 6.54 Å². The number of amides is 1. The Hall–Kier alpha value is -3.29. The van der Waals surface area contributed by atoms with Crippen LogP contribution in [0.1, 0.15) is 48.3 Å². The summed E-state index contributed by atoms with van der Waals surface area (Å²) < 4.78 is 1.35. The summed E-state index contributed by atoms with van der Waals surface area (Å²) in [6, 6.07) is 5.15. The first-order valence-electron chi connectivity index (χ1n) is 8.73. The summed E-state index contributed by atoms with van der Waals surface area (Å²) in [6.45, 7) is 7.85. The second-order valence-electron chi connectivity index (χ2n) is 6.62. The minimum absolute atomic E-state index is 0.0118. The Morgan fingerprint density at radius 1 is 1.30 bits per heavy atom. The highest BCUT2D eigenvalue weighted by Crippen LogP contribution is 2.20. The summed E-state index contributed by atoms with van der Waals surface area (Å²) in [6.07, 6.45) is 1.59. The Morgan fingerprint density at radius 3 is 2.67 bits per heavy atom. The number of hydrogen-bond acceptors (Lipinski definition) is 5. The smallest absolute Gasteiger partial charge is 0.307 e. The van der Waals surface area contributed by atoms with Crippen LogP contribution in [0, 0.1) is 6.92 Å². The zero-order valence-electron chi connectivity index (χ0n) is 15.7. The van der Waals surface area contributed by atoms with Crippen molar-refractivity contribution in [1.82, 2.24) is 19.5 Å². The number of carbonyl (C=O) groups excluding carboxylic acids is 1. The molecule has 3 aromatic heterocycles. The third kappa shape index (κ3) is 3.51. The van der Waals surface area contributed by atoms with Crippen molar-refractivity contribution >= 4 is 22.8 Å². The largest absolute Gasteiger partial charge is 0.329 e. The number of pyridine rings is 2. The van der Waals surface area contributed by atoms with Crippen molar-refractivity contribution in [3.05, 3.63) is 62.1 Å². The second kappa shape index (κ2) is 7.14. The molecule has 0 bridgehead atoms. The molecule has 3 rings (SSSR count). The van der Waals surface area contributed by atoms with E-state index in [1.54, 1.807) is 25.3 Å². The summed E-state index contributed by atoms with van der Waals surface area (Å²) in [5, 5.41) is 2.81. The van der Waals surface area contributed by atoms with E-state index in [-0.39, 0.29) is 22.5 Å². The maximum atomic E-state index is 12.9. The molecule has 2 N–H and O–H groups in total. The molecule has 3 heterocycles. The van der Waals surface area contributed by atoms with Crippen LogP contribution in [0.3, 0.4) is 0 Å². The fourth-order valence-corrected chi connectivity index (χ4v) is 2.85. The zero-order chi connectivity index (χ0) is 19.7. The quantitative estimate of drug-likeness (QED) is 0.734. The predicted octanol–water partition coefficient (Wildman–Crippen LogP) is 2.18. The van der Waals surface area contributed by atoms with Crippen molar-refractivity contribution < 1.29 is 4.79 Å². The van der Waals surface area contributed by atoms with Crippen molar-refractivity contribution in [2.75, 3.05) is 5.32 Å². The fraction of sp³-hybridized carbons (Fsp3) is 0.316. The van der Waals surface area contributed by atoms with Gasteiger partial charge < -0.3 is 5.32 Å². The monoisotopic (exact) mass is 367 g/mol. The molecule has 0 aliphatic rings. The molecule has 8 nitrogen and oxygen atoms in total. The number of fused-ring (bicyclic) bond motifs is 1. The number of anilines is 1. The Labute approximate surface area is 155 Å². The molecule has 3 aromatic rings. The van der Waals surface area contributed by atoms with Gasteiger partial charge in [-0.15, -0.1) is 0 Å². The Kier molecular flexibility index (Phi) is 4.89. The third-order valence-corrected chi connectivity index (χ3v) is 4.28. The van der Waals surface area contributed by atoms with Gasteiger partial charge in [-0.2, -0.15) is 0 Å². The second-order valence-corrected chi connectivity index (χ2v) is 6.62. The molecule has 0 atom stereocenters. The van der Waals surface area contributed by atoms with E-state index >= 15 is 0 Å². The van der Waals surface area contributed by atoms with Crippen molar-refractivity contribution in [1.29, 1.82) is 0 Å². The lowest BCUT2D eigenvalue weighted by Gasteiger charge is -2.14. The van der Waals surface area contributed by atoms with E-state index < -0.39 is 17.2 Å². The molecule has 0 aliphatic heterocycles. The van der Waals surface area contributed by atoms with Crippen LogP contribution >= 0.6 is 0 Å². The third-order valence-electron chi connectivity index (χ3n) is 4.28. The first kappa shape index (κ1) is 18.5. The van der Waals surface area contributed by atoms with Crippen LogP contribution in [-0.4, -0.2) is 25.4 Å². The van der Waals surface area contributed by atoms with Gasteiger partial charge in [-0.1, -0.05) is 13.8 Å². The number of carbonyl (C=O) groups is 1. The number of hydrogen-bond donors (Lipinski definition) is 2. The van der Waals surface area contributed by atoms with E-state index in [2.05, 4.69) is 20.3 Å². The van der Waals surface area contributed by atoms with Gasteiger partial charge in [0, 0.05) is 18.4 Å². The number of aromatic nitrogens is 4. The summed E-state index contributed by atoms with van der Waals surface area (Å²) >= 11 is 0. The van der Waals surface area contributed by atoms with E-state index in [1.807, 2.05) is 26.8 Å². The van der Waals surface area contributed by atoms with Gasteiger partial charge >= 0.3 is 5.69 Å². The average Bonchev–Trinajstić information content (AvgIpc) is 2.60. The Bertz CT molecular complexity index is 1140. The predicted molar refractivity (Wildman–Crippen MR) is 103 cm³/mol. The highest BCUT2D eigenvalue weighted by Gasteiger charge is 2.20. The highest BCUT2D eigenvalue weighted by molar-refractivity contribution is 6.11. The van der Waals surface area contributed by atoms with Gasteiger partial charge in [0.1, 0.15) is 5.82 Å². The molecule has 0 aliphatic carbocycles. The lowest BCUT2D eigenvalue weighted by molar-refractivity contribution is 0.102. The van der Waals surface area contributed by atoms with Gasteiger partial charge in [0.25, 0.3) is 11.5 Å². The molecule has 0 radical (unpaired) electrons. The Balaban J connectivity index is 2.26. The first-order chi connectivity index (χ1) is 12.8. The van der Waals surface area contributed by atoms with E-state index in [4.69, 9.17) is 0 Å². The summed E-state index contributed by atoms with van der Waals surface area (Å²) in [4.78, 5) is 48.4. The van der Waals surface area contributed by atoms with Crippen LogP contribution in [0.15, 0.2) is 34.0 Å². The molecule has 1 amide bonds. The number of nitrogens with one attached hydrogen (secondary N) is 2. The standard InChI is InChI=1S/C19H21N5O3/c1-5-24-16-15(18(26)23-19(24)27)12(9-13(21-16)10(2)3)17(25)22-14-8-11(4)6-7-20-14/h6-10H,5H2,1-4H3,(H,20,22,25)(H,23,26,27). The molecule has 0 fully saturated rings. The van der Waals surface area contributed by atoms with Gasteiger partial charge in [-0.25, -0.2) is 14.8 Å². The highest BCUT2D eigenvalue weighted by atomic mass is 16.2. The fourth-order valence-electron chi connectivity index (χ4n) is 2.85. The molecular formula is C19H21N5O3. The van der Waals surface area contributed by atoms with Crippen LogP contribution < -0.4 is 16.6 Å². The molecular weight excluding hydrogens is 346 g/mol. The zero-order valence-corrected chi connectivity index (χ0v) is 15.7. The first-order valence-corrected chi connectivity index (χ1v) is 8.73. The number of nitrogens with zero attached hydrogens (tertiary/aromatic N) is 3. The van der Waals surface area contributed by atoms with Crippen molar-refractivity contribution in [2.45, 2.75) is 40.2 Å². The van der Waals surface area contributed by atoms with Crippen LogP contribution in [0.2, 0.25) is 0 Å². The molecule has 0 spiro atoms. The van der Waals surface area contributed by atoms with E-state index in [1.165, 1.54) is 4.57 Å². The van der Waals surface area contributed by atoms with E-state index in [0.717, 1.165) is 5.56 Å². The normalized spacial score (nSPS) is 11.1. The number of H-pyrrole nitrogens is 1. The molecule has 27 heavy (non-hydrogen) atoms. The maximum absolute atomic E-state index is 12.9. The molecule has 140 valence electrons. The minimum atomic E-state index is -0.634. The number of aryl methyl sites for hydroxylation is 2. The molecule has 8 heteroatoms. The average molecular weight is 367 g/mol. The number of rotatable bonds is 4. The SMILES string of the molecule is CCn1c(=O)[nH]c(=O)c2c(C(=O)Nc3cc(C)ccn3)cc(C(C)C)nc21. The molecule has 0 aromatic carbocycles. The number of aromatic amines is 1. The lowest BCUT2D eigenvalue weighted by Crippen LogP contribution is -2.32. The van der Waals surface area contributed by atoms with Crippen LogP contribution in [0.25, 0.3) is 11.0 Å². The maximum Gasteiger partial charge on any atom is 0.329 e. The Morgan fingerprint density at radius 2 is 2.04 bits per heavy atom. The van der Waals surface area contributed by atoms with Crippen molar-refractivity contribution in [3.63, 3.8) is 0 Å². The van der Waals surface area contributed by atoms with Gasteiger partial charge in [0.15, 0.2) is 5.65 Å². The molecule has 0 saturated heterocycles. The van der Waals surface area contributed by atoms with Crippen molar-refractivity contribution in [3.8, 4) is 0 Å². The van der Waals surface area contributed by atoms with E-state index in [9.17, 15) is 14.4 Å². The van der Waals surface area contributed by atoms with Crippen LogP contribution in [0.5, 0.6) is 0 Å². The van der Waals surface area contributed by atoms with Gasteiger partial charge in [0.2, 0.25) is 0 Å². The van der Waals surface area contributed by atoms with Gasteiger partial charge in [-0.3, -0.25) is 19.1 Å². The summed E-state index contributed by atoms with van der Waals surface area (Å²) in [5.41, 5.74) is 0.757. The molecule has 0 unspecified atom stereocenters. The lowest BCUT2D eigenvalue weighted by atomic mass is 10.0. The van der Waals surface area contributed by atoms with E-state index in [0.29, 0.717) is 18.1 Å². The van der Waals surface area contributed by atoms with Gasteiger partial charge in [0.05, 0.1) is 10.9 Å².